The molecule has 1 aromatic heterocycles. The average molecular weight is 294 g/mol. The lowest BCUT2D eigenvalue weighted by molar-refractivity contribution is -2.00. The largest absolute Gasteiger partial charge is 0.222 e. The molecular formula is C14H12ClNO4. The SMILES string of the molecule is C[n+]1ccc(C#Cc2ccccc2)cc1.[O-][Cl+3]([O-])([O-])[O-]. The van der Waals surface area contributed by atoms with Gasteiger partial charge in [-0.1, -0.05) is 30.0 Å². The second-order valence-electron chi connectivity index (χ2n) is 3.75. The molecular weight excluding hydrogens is 282 g/mol. The fourth-order valence-electron chi connectivity index (χ4n) is 1.25. The van der Waals surface area contributed by atoms with Gasteiger partial charge in [0.15, 0.2) is 12.4 Å². The first kappa shape index (κ1) is 16.1. The lowest BCUT2D eigenvalue weighted by atomic mass is 10.2. The van der Waals surface area contributed by atoms with Crippen LogP contribution in [-0.4, -0.2) is 0 Å². The molecule has 0 aliphatic carbocycles. The summed E-state index contributed by atoms with van der Waals surface area (Å²) in [6.45, 7) is 0. The summed E-state index contributed by atoms with van der Waals surface area (Å²) < 4.78 is 36.0. The van der Waals surface area contributed by atoms with Crippen LogP contribution in [0.4, 0.5) is 0 Å². The maximum atomic E-state index is 8.49. The molecule has 0 fully saturated rings. The molecule has 0 spiro atoms. The smallest absolute Gasteiger partial charge is 0.169 e. The van der Waals surface area contributed by atoms with Crippen LogP contribution in [0.1, 0.15) is 11.1 Å². The van der Waals surface area contributed by atoms with Gasteiger partial charge in [-0.2, -0.15) is 0 Å². The zero-order chi connectivity index (χ0) is 15.0. The first-order valence-corrected chi connectivity index (χ1v) is 6.72. The van der Waals surface area contributed by atoms with Crippen molar-refractivity contribution in [3.05, 3.63) is 66.0 Å². The van der Waals surface area contributed by atoms with E-state index in [4.69, 9.17) is 18.6 Å². The molecule has 0 saturated heterocycles. The van der Waals surface area contributed by atoms with Gasteiger partial charge >= 0.3 is 0 Å². The maximum absolute atomic E-state index is 8.49. The average Bonchev–Trinajstić information content (AvgIpc) is 2.37. The van der Waals surface area contributed by atoms with Gasteiger partial charge in [0.25, 0.3) is 0 Å². The van der Waals surface area contributed by atoms with Crippen molar-refractivity contribution >= 4 is 0 Å². The van der Waals surface area contributed by atoms with Crippen LogP contribution in [-0.2, 0) is 7.05 Å². The Morgan fingerprint density at radius 2 is 1.20 bits per heavy atom. The standard InChI is InChI=1S/C14H12N.ClHO4/c1-15-11-9-14(10-12-15)8-7-13-5-3-2-4-6-13;2-1(3,4)5/h2-6,9-12H,1H3;(H,2,3,4,5)/q+1;/p-1. The summed E-state index contributed by atoms with van der Waals surface area (Å²) in [4.78, 5) is 0. The number of hydrogen-bond donors (Lipinski definition) is 0. The predicted octanol–water partition coefficient (Wildman–Crippen LogP) is -2.85. The number of nitrogens with zero attached hydrogens (tertiary/aromatic N) is 1. The molecule has 0 saturated carbocycles. The van der Waals surface area contributed by atoms with Gasteiger partial charge in [0.2, 0.25) is 0 Å². The van der Waals surface area contributed by atoms with Crippen LogP contribution >= 0.6 is 0 Å². The van der Waals surface area contributed by atoms with Gasteiger partial charge < -0.3 is 0 Å². The van der Waals surface area contributed by atoms with Gasteiger partial charge in [-0.25, -0.2) is 23.2 Å². The van der Waals surface area contributed by atoms with Crippen molar-refractivity contribution in [1.82, 2.24) is 0 Å². The molecule has 1 heterocycles. The van der Waals surface area contributed by atoms with E-state index in [0.717, 1.165) is 11.1 Å². The zero-order valence-corrected chi connectivity index (χ0v) is 11.4. The minimum atomic E-state index is -4.94. The van der Waals surface area contributed by atoms with Gasteiger partial charge in [-0.05, 0) is 12.1 Å². The minimum Gasteiger partial charge on any atom is -0.222 e. The van der Waals surface area contributed by atoms with Crippen molar-refractivity contribution in [2.45, 2.75) is 0 Å². The summed E-state index contributed by atoms with van der Waals surface area (Å²) in [7, 11) is -2.95. The minimum absolute atomic E-state index is 1.04. The molecule has 1 aromatic carbocycles. The summed E-state index contributed by atoms with van der Waals surface area (Å²) in [5, 5.41) is 0. The number of rotatable bonds is 0. The number of pyridine rings is 1. The molecule has 0 bridgehead atoms. The van der Waals surface area contributed by atoms with Crippen molar-refractivity contribution in [3.8, 4) is 11.8 Å². The predicted molar refractivity (Wildman–Crippen MR) is 60.0 cm³/mol. The van der Waals surface area contributed by atoms with Crippen LogP contribution in [0.25, 0.3) is 0 Å². The van der Waals surface area contributed by atoms with E-state index in [0.29, 0.717) is 0 Å². The molecule has 0 atom stereocenters. The number of benzene rings is 1. The van der Waals surface area contributed by atoms with Crippen LogP contribution in [0.2, 0.25) is 0 Å². The van der Waals surface area contributed by atoms with Crippen LogP contribution in [0.15, 0.2) is 54.9 Å². The highest BCUT2D eigenvalue weighted by molar-refractivity contribution is 5.41. The molecule has 0 N–H and O–H groups in total. The fraction of sp³-hybridized carbons (Fsp3) is 0.0714. The van der Waals surface area contributed by atoms with E-state index in [1.807, 2.05) is 66.5 Å². The van der Waals surface area contributed by atoms with Gasteiger partial charge in [0.05, 0.1) is 0 Å². The fourth-order valence-corrected chi connectivity index (χ4v) is 1.25. The molecule has 0 unspecified atom stereocenters. The number of aryl methyl sites for hydroxylation is 1. The first-order valence-electron chi connectivity index (χ1n) is 5.49. The Hall–Kier alpha value is -1.94. The zero-order valence-electron chi connectivity index (χ0n) is 10.7. The summed E-state index contributed by atoms with van der Waals surface area (Å²) >= 11 is 0. The van der Waals surface area contributed by atoms with Crippen molar-refractivity contribution < 1.29 is 33.4 Å². The molecule has 104 valence electrons. The molecule has 6 heteroatoms. The van der Waals surface area contributed by atoms with Crippen LogP contribution in [0.3, 0.4) is 0 Å². The highest BCUT2D eigenvalue weighted by Gasteiger charge is 1.90. The van der Waals surface area contributed by atoms with E-state index in [9.17, 15) is 0 Å². The van der Waals surface area contributed by atoms with Crippen molar-refractivity contribution in [2.24, 2.45) is 7.05 Å². The second-order valence-corrected chi connectivity index (χ2v) is 4.50. The highest BCUT2D eigenvalue weighted by Crippen LogP contribution is 1.97. The van der Waals surface area contributed by atoms with E-state index in [2.05, 4.69) is 11.8 Å². The Morgan fingerprint density at radius 1 is 0.800 bits per heavy atom. The number of hydrogen-bond acceptors (Lipinski definition) is 4. The first-order chi connectivity index (χ1) is 9.34. The van der Waals surface area contributed by atoms with E-state index in [-0.39, 0.29) is 0 Å². The topological polar surface area (TPSA) is 96.1 Å². The van der Waals surface area contributed by atoms with Gasteiger partial charge in [0, 0.05) is 23.3 Å². The van der Waals surface area contributed by atoms with E-state index >= 15 is 0 Å². The Labute approximate surface area is 119 Å². The quantitative estimate of drug-likeness (QED) is 0.386. The monoisotopic (exact) mass is 293 g/mol. The van der Waals surface area contributed by atoms with Gasteiger partial charge in [0.1, 0.15) is 7.05 Å². The third-order valence-electron chi connectivity index (χ3n) is 2.10. The maximum Gasteiger partial charge on any atom is 0.169 e. The normalized spacial score (nSPS) is 9.85. The Balaban J connectivity index is 0.000000347. The van der Waals surface area contributed by atoms with Crippen LogP contribution in [0, 0.1) is 22.1 Å². The number of aromatic nitrogens is 1. The highest BCUT2D eigenvalue weighted by atomic mass is 35.7. The van der Waals surface area contributed by atoms with Crippen LogP contribution < -0.4 is 23.2 Å². The summed E-state index contributed by atoms with van der Waals surface area (Å²) in [6, 6.07) is 14.0. The molecule has 0 amide bonds. The Bertz CT molecular complexity index is 577. The molecule has 0 aliphatic heterocycles. The Morgan fingerprint density at radius 3 is 1.65 bits per heavy atom. The Kier molecular flexibility index (Phi) is 6.12. The number of halogens is 1. The van der Waals surface area contributed by atoms with Gasteiger partial charge in [-0.15, -0.1) is 10.2 Å². The van der Waals surface area contributed by atoms with E-state index < -0.39 is 10.2 Å². The lowest BCUT2D eigenvalue weighted by Gasteiger charge is -2.17. The third kappa shape index (κ3) is 8.21. The summed E-state index contributed by atoms with van der Waals surface area (Å²) in [5.41, 5.74) is 2.09. The van der Waals surface area contributed by atoms with Crippen molar-refractivity contribution in [1.29, 1.82) is 0 Å². The summed E-state index contributed by atoms with van der Waals surface area (Å²) in [5.74, 6) is 6.25. The van der Waals surface area contributed by atoms with E-state index in [1.54, 1.807) is 0 Å². The molecule has 0 radical (unpaired) electrons. The molecule has 2 rings (SSSR count). The molecule has 0 aliphatic rings. The van der Waals surface area contributed by atoms with E-state index in [1.165, 1.54) is 0 Å². The van der Waals surface area contributed by atoms with Crippen LogP contribution in [0.5, 0.6) is 0 Å². The second kappa shape index (κ2) is 7.60. The summed E-state index contributed by atoms with van der Waals surface area (Å²) in [6.07, 6.45) is 3.99. The van der Waals surface area contributed by atoms with Gasteiger partial charge in [-0.3, -0.25) is 0 Å². The lowest BCUT2D eigenvalue weighted by Crippen LogP contribution is -2.68. The molecule has 5 nitrogen and oxygen atoms in total. The van der Waals surface area contributed by atoms with Crippen molar-refractivity contribution in [3.63, 3.8) is 0 Å². The third-order valence-corrected chi connectivity index (χ3v) is 2.10. The molecule has 20 heavy (non-hydrogen) atoms. The van der Waals surface area contributed by atoms with Crippen molar-refractivity contribution in [2.75, 3.05) is 0 Å². The molecule has 2 aromatic rings.